The second-order valence-corrected chi connectivity index (χ2v) is 7.65. The van der Waals surface area contributed by atoms with E-state index in [1.165, 1.54) is 48.8 Å². The van der Waals surface area contributed by atoms with Crippen LogP contribution in [0.1, 0.15) is 42.4 Å². The number of thiocarbonyl (C=S) groups is 1. The van der Waals surface area contributed by atoms with Crippen LogP contribution in [0.2, 0.25) is 0 Å². The van der Waals surface area contributed by atoms with Crippen molar-refractivity contribution in [2.75, 3.05) is 13.1 Å². The van der Waals surface area contributed by atoms with Gasteiger partial charge in [-0.3, -0.25) is 0 Å². The zero-order valence-corrected chi connectivity index (χ0v) is 13.9. The highest BCUT2D eigenvalue weighted by Crippen LogP contribution is 2.46. The third-order valence-electron chi connectivity index (χ3n) is 5.29. The first-order chi connectivity index (χ1) is 9.96. The van der Waals surface area contributed by atoms with E-state index >= 15 is 0 Å². The Morgan fingerprint density at radius 3 is 2.29 bits per heavy atom. The quantitative estimate of drug-likeness (QED) is 0.829. The predicted molar refractivity (Wildman–Crippen MR) is 90.8 cm³/mol. The molecule has 21 heavy (non-hydrogen) atoms. The molecule has 1 aromatic carbocycles. The summed E-state index contributed by atoms with van der Waals surface area (Å²) in [5, 5.41) is 9.42. The summed E-state index contributed by atoms with van der Waals surface area (Å²) in [6.45, 7) is 6.32. The zero-order valence-electron chi connectivity index (χ0n) is 13.1. The Labute approximate surface area is 133 Å². The van der Waals surface area contributed by atoms with Crippen LogP contribution in [0.25, 0.3) is 0 Å². The largest absolute Gasteiger partial charge is 0.486 e. The Bertz CT molecular complexity index is 518. The van der Waals surface area contributed by atoms with Crippen molar-refractivity contribution in [2.45, 2.75) is 46.0 Å². The number of aliphatic hydroxyl groups excluding tert-OH is 1. The van der Waals surface area contributed by atoms with Gasteiger partial charge < -0.3 is 10.0 Å². The van der Waals surface area contributed by atoms with Gasteiger partial charge in [-0.2, -0.15) is 0 Å². The van der Waals surface area contributed by atoms with Crippen LogP contribution >= 0.6 is 12.2 Å². The smallest absolute Gasteiger partial charge is 0.256 e. The topological polar surface area (TPSA) is 23.5 Å². The molecule has 0 bridgehead atoms. The van der Waals surface area contributed by atoms with Crippen molar-refractivity contribution in [2.24, 2.45) is 11.3 Å². The fourth-order valence-corrected chi connectivity index (χ4v) is 4.36. The summed E-state index contributed by atoms with van der Waals surface area (Å²) >= 11 is 4.84. The van der Waals surface area contributed by atoms with Crippen molar-refractivity contribution in [3.63, 3.8) is 0 Å². The van der Waals surface area contributed by atoms with E-state index in [4.69, 9.17) is 12.2 Å². The zero-order chi connectivity index (χ0) is 15.0. The number of hydrogen-bond acceptors (Lipinski definition) is 1. The number of hydrogen-bond donors (Lipinski definition) is 1. The van der Waals surface area contributed by atoms with E-state index in [1.54, 1.807) is 0 Å². The second-order valence-electron chi connectivity index (χ2n) is 7.28. The third kappa shape index (κ3) is 3.23. The van der Waals surface area contributed by atoms with Crippen LogP contribution < -0.4 is 0 Å². The lowest BCUT2D eigenvalue weighted by molar-refractivity contribution is -0.00145. The summed E-state index contributed by atoms with van der Waals surface area (Å²) < 4.78 is 0. The van der Waals surface area contributed by atoms with Crippen molar-refractivity contribution in [1.82, 2.24) is 4.90 Å². The summed E-state index contributed by atoms with van der Waals surface area (Å²) in [5.74, 6) is 0.826. The molecule has 2 aliphatic rings. The molecule has 1 aromatic rings. The molecule has 0 atom stereocenters. The van der Waals surface area contributed by atoms with Crippen LogP contribution in [-0.2, 0) is 6.42 Å². The van der Waals surface area contributed by atoms with E-state index in [0.717, 1.165) is 19.0 Å². The summed E-state index contributed by atoms with van der Waals surface area (Å²) in [7, 11) is 0. The summed E-state index contributed by atoms with van der Waals surface area (Å²) in [6, 6.07) is 6.93. The molecule has 1 saturated heterocycles. The number of rotatable bonds is 2. The highest BCUT2D eigenvalue weighted by atomic mass is 32.1. The number of aliphatic hydroxyl groups is 1. The molecule has 0 radical (unpaired) electrons. The van der Waals surface area contributed by atoms with Gasteiger partial charge in [0.25, 0.3) is 5.17 Å². The molecule has 1 heterocycles. The fraction of sp³-hybridized carbons (Fsp3) is 0.611. The van der Waals surface area contributed by atoms with E-state index in [-0.39, 0.29) is 5.17 Å². The van der Waals surface area contributed by atoms with Crippen LogP contribution in [0.3, 0.4) is 0 Å². The van der Waals surface area contributed by atoms with Gasteiger partial charge in [0.05, 0.1) is 0 Å². The Kier molecular flexibility index (Phi) is 3.96. The van der Waals surface area contributed by atoms with Gasteiger partial charge in [0, 0.05) is 18.5 Å². The van der Waals surface area contributed by atoms with Crippen LogP contribution in [0.15, 0.2) is 18.2 Å². The van der Waals surface area contributed by atoms with E-state index in [1.807, 2.05) is 4.90 Å². The molecule has 0 aromatic heterocycles. The fourth-order valence-electron chi connectivity index (χ4n) is 4.23. The first-order valence-corrected chi connectivity index (χ1v) is 8.42. The number of likely N-dealkylation sites (tertiary alicyclic amines) is 1. The molecule has 2 nitrogen and oxygen atoms in total. The molecule has 114 valence electrons. The average molecular weight is 303 g/mol. The van der Waals surface area contributed by atoms with Crippen LogP contribution in [0.4, 0.5) is 0 Å². The van der Waals surface area contributed by atoms with Gasteiger partial charge in [0.1, 0.15) is 0 Å². The average Bonchev–Trinajstić information content (AvgIpc) is 2.35. The van der Waals surface area contributed by atoms with Crippen molar-refractivity contribution in [3.05, 3.63) is 34.9 Å². The van der Waals surface area contributed by atoms with E-state index in [0.29, 0.717) is 5.41 Å². The molecule has 3 heteroatoms. The number of aryl methyl sites for hydroxylation is 2. The molecule has 1 aliphatic heterocycles. The molecule has 1 N–H and O–H groups in total. The minimum absolute atomic E-state index is 0.0815. The third-order valence-corrected chi connectivity index (χ3v) is 5.55. The van der Waals surface area contributed by atoms with Crippen molar-refractivity contribution in [1.29, 1.82) is 0 Å². The van der Waals surface area contributed by atoms with E-state index in [2.05, 4.69) is 32.0 Å². The number of nitrogens with zero attached hydrogens (tertiary/aromatic N) is 1. The van der Waals surface area contributed by atoms with E-state index < -0.39 is 0 Å². The highest BCUT2D eigenvalue weighted by Gasteiger charge is 2.45. The van der Waals surface area contributed by atoms with E-state index in [9.17, 15) is 5.11 Å². The maximum Gasteiger partial charge on any atom is 0.256 e. The predicted octanol–water partition coefficient (Wildman–Crippen LogP) is 4.18. The lowest BCUT2D eigenvalue weighted by Crippen LogP contribution is -2.59. The monoisotopic (exact) mass is 303 g/mol. The van der Waals surface area contributed by atoms with Crippen molar-refractivity contribution < 1.29 is 5.11 Å². The Morgan fingerprint density at radius 2 is 1.76 bits per heavy atom. The molecule has 0 amide bonds. The standard InChI is InChI=1S/C18H25NOS/c1-13-7-14(2)9-16(8-13)10-15-3-5-18(6-4-15)11-19(12-18)17(20)21/h7-9,15H,3-6,10-12H2,1-2H3,(H,20,21). The Balaban J connectivity index is 1.54. The maximum absolute atomic E-state index is 9.34. The SMILES string of the molecule is Cc1cc(C)cc(CC2CCC3(CC2)CN(C(O)=S)C3)c1. The molecule has 1 saturated carbocycles. The van der Waals surface area contributed by atoms with Gasteiger partial charge in [-0.15, -0.1) is 0 Å². The van der Waals surface area contributed by atoms with Crippen molar-refractivity contribution in [3.8, 4) is 0 Å². The lowest BCUT2D eigenvalue weighted by Gasteiger charge is -2.53. The van der Waals surface area contributed by atoms with Gasteiger partial charge in [-0.05, 0) is 69.7 Å². The van der Waals surface area contributed by atoms with Gasteiger partial charge in [0.2, 0.25) is 0 Å². The van der Waals surface area contributed by atoms with Crippen LogP contribution in [0, 0.1) is 25.2 Å². The molecule has 1 aliphatic carbocycles. The minimum Gasteiger partial charge on any atom is -0.486 e. The summed E-state index contributed by atoms with van der Waals surface area (Å²) in [4.78, 5) is 1.93. The molecule has 0 unspecified atom stereocenters. The minimum atomic E-state index is 0.0815. The summed E-state index contributed by atoms with van der Waals surface area (Å²) in [5.41, 5.74) is 4.71. The Hall–Kier alpha value is -1.09. The molecule has 3 rings (SSSR count). The second kappa shape index (κ2) is 5.60. The van der Waals surface area contributed by atoms with Gasteiger partial charge in [-0.1, -0.05) is 29.3 Å². The molecule has 1 spiro atoms. The van der Waals surface area contributed by atoms with Gasteiger partial charge >= 0.3 is 0 Å². The molecule has 2 fully saturated rings. The highest BCUT2D eigenvalue weighted by molar-refractivity contribution is 7.79. The van der Waals surface area contributed by atoms with Crippen LogP contribution in [0.5, 0.6) is 0 Å². The van der Waals surface area contributed by atoms with Crippen molar-refractivity contribution >= 4 is 17.4 Å². The number of benzene rings is 1. The molecular weight excluding hydrogens is 278 g/mol. The normalized spacial score (nSPS) is 21.3. The Morgan fingerprint density at radius 1 is 1.19 bits per heavy atom. The van der Waals surface area contributed by atoms with Gasteiger partial charge in [0.15, 0.2) is 0 Å². The van der Waals surface area contributed by atoms with Gasteiger partial charge in [-0.25, -0.2) is 0 Å². The first-order valence-electron chi connectivity index (χ1n) is 8.01. The maximum atomic E-state index is 9.34. The van der Waals surface area contributed by atoms with Crippen LogP contribution in [-0.4, -0.2) is 28.3 Å². The first kappa shape index (κ1) is 14.8. The molecular formula is C18H25NOS. The summed E-state index contributed by atoms with van der Waals surface area (Å²) in [6.07, 6.45) is 6.45. The lowest BCUT2D eigenvalue weighted by atomic mass is 9.65.